The molecule has 186 valence electrons. The second-order valence-electron chi connectivity index (χ2n) is 8.91. The topological polar surface area (TPSA) is 24.8 Å². The van der Waals surface area contributed by atoms with Crippen molar-refractivity contribution in [3.8, 4) is 0 Å². The molecular weight excluding hydrogens is 460 g/mol. The third kappa shape index (κ3) is 7.22. The van der Waals surface area contributed by atoms with Crippen LogP contribution in [0.3, 0.4) is 0 Å². The van der Waals surface area contributed by atoms with Crippen LogP contribution in [0.4, 0.5) is 0 Å². The lowest BCUT2D eigenvalue weighted by Crippen LogP contribution is -2.31. The van der Waals surface area contributed by atoms with E-state index in [1.54, 1.807) is 11.8 Å². The summed E-state index contributed by atoms with van der Waals surface area (Å²) in [5.74, 6) is 0. The van der Waals surface area contributed by atoms with E-state index in [-0.39, 0.29) is 0 Å². The maximum Gasteiger partial charge on any atom is 0.117 e. The summed E-state index contributed by atoms with van der Waals surface area (Å²) in [5, 5.41) is 7.14. The van der Waals surface area contributed by atoms with Crippen molar-refractivity contribution in [2.45, 2.75) is 37.6 Å². The van der Waals surface area contributed by atoms with Crippen LogP contribution < -0.4 is 10.4 Å². The smallest absolute Gasteiger partial charge is 0.117 e. The number of thioether (sulfide) groups is 1. The van der Waals surface area contributed by atoms with E-state index in [0.717, 1.165) is 55.7 Å². The first-order chi connectivity index (χ1) is 17.8. The Kier molecular flexibility index (Phi) is 10.0. The zero-order valence-electron chi connectivity index (χ0n) is 21.4. The van der Waals surface area contributed by atoms with Gasteiger partial charge in [-0.25, -0.2) is 0 Å². The summed E-state index contributed by atoms with van der Waals surface area (Å²) in [6, 6.07) is 25.7. The number of benzene rings is 3. The highest BCUT2D eigenvalue weighted by atomic mass is 32.2. The molecule has 1 aliphatic rings. The van der Waals surface area contributed by atoms with Gasteiger partial charge in [0.05, 0.1) is 0 Å². The second-order valence-corrected chi connectivity index (χ2v) is 9.79. The molecule has 0 saturated carbocycles. The normalized spacial score (nSPS) is 13.0. The molecule has 36 heavy (non-hydrogen) atoms. The van der Waals surface area contributed by atoms with Gasteiger partial charge in [-0.3, -0.25) is 4.90 Å². The fraction of sp³-hybridized carbons (Fsp3) is 0.281. The van der Waals surface area contributed by atoms with Crippen LogP contribution in [0.25, 0.3) is 12.2 Å². The van der Waals surface area contributed by atoms with Crippen molar-refractivity contribution in [3.63, 3.8) is 0 Å². The summed E-state index contributed by atoms with van der Waals surface area (Å²) in [4.78, 5) is 9.67. The molecule has 0 saturated heterocycles. The molecule has 0 heterocycles. The molecule has 0 spiro atoms. The van der Waals surface area contributed by atoms with Gasteiger partial charge in [0.25, 0.3) is 0 Å². The standard InChI is InChI=1S/C32H36N2OS/c1-3-34(25-26-13-6-4-7-14-26)23-10-11-24-35-33-32(28-19-21-29(36-2)22-20-28)31-18-12-16-27-15-8-5-9-17-30(27)31/h4-8,12-22H,3,9-11,23-25H2,1-2H3. The van der Waals surface area contributed by atoms with Crippen LogP contribution in [0.5, 0.6) is 0 Å². The van der Waals surface area contributed by atoms with E-state index in [0.29, 0.717) is 6.61 Å². The number of hydrogen-bond donors (Lipinski definition) is 0. The van der Waals surface area contributed by atoms with E-state index >= 15 is 0 Å². The van der Waals surface area contributed by atoms with Gasteiger partial charge in [0.15, 0.2) is 0 Å². The van der Waals surface area contributed by atoms with Gasteiger partial charge in [0.2, 0.25) is 0 Å². The monoisotopic (exact) mass is 496 g/mol. The Morgan fingerprint density at radius 2 is 1.81 bits per heavy atom. The lowest BCUT2D eigenvalue weighted by molar-refractivity contribution is 0.136. The van der Waals surface area contributed by atoms with Crippen LogP contribution in [0.15, 0.2) is 95.0 Å². The fourth-order valence-corrected chi connectivity index (χ4v) is 4.82. The van der Waals surface area contributed by atoms with Gasteiger partial charge in [-0.1, -0.05) is 97.0 Å². The molecule has 0 aliphatic heterocycles. The molecule has 4 rings (SSSR count). The average Bonchev–Trinajstić information content (AvgIpc) is 3.19. The predicted molar refractivity (Wildman–Crippen MR) is 155 cm³/mol. The molecule has 0 aromatic heterocycles. The zero-order chi connectivity index (χ0) is 25.0. The number of oxime groups is 1. The van der Waals surface area contributed by atoms with Gasteiger partial charge in [0, 0.05) is 22.6 Å². The zero-order valence-corrected chi connectivity index (χ0v) is 22.2. The molecule has 0 amide bonds. The van der Waals surface area contributed by atoms with Crippen LogP contribution in [-0.2, 0) is 11.4 Å². The SMILES string of the molecule is CCN(CCCCON=C(c1ccc(SC)cc1)c1cccc2c1=CCC=CC=2)Cc1ccccc1. The van der Waals surface area contributed by atoms with Crippen molar-refractivity contribution in [2.75, 3.05) is 26.0 Å². The Bertz CT molecular complexity index is 1280. The van der Waals surface area contributed by atoms with E-state index in [2.05, 4.69) is 115 Å². The molecule has 4 heteroatoms. The Balaban J connectivity index is 1.44. The number of fused-ring (bicyclic) bond motifs is 1. The molecule has 1 aliphatic carbocycles. The van der Waals surface area contributed by atoms with E-state index in [9.17, 15) is 0 Å². The summed E-state index contributed by atoms with van der Waals surface area (Å²) >= 11 is 1.75. The number of nitrogens with zero attached hydrogens (tertiary/aromatic N) is 2. The van der Waals surface area contributed by atoms with Crippen molar-refractivity contribution in [2.24, 2.45) is 5.16 Å². The Morgan fingerprint density at radius 1 is 0.972 bits per heavy atom. The first kappa shape index (κ1) is 26.0. The minimum atomic E-state index is 0.613. The minimum absolute atomic E-state index is 0.613. The molecule has 3 aromatic rings. The molecule has 3 aromatic carbocycles. The van der Waals surface area contributed by atoms with Crippen LogP contribution >= 0.6 is 11.8 Å². The van der Waals surface area contributed by atoms with Gasteiger partial charge >= 0.3 is 0 Å². The van der Waals surface area contributed by atoms with E-state index < -0.39 is 0 Å². The summed E-state index contributed by atoms with van der Waals surface area (Å²) in [6.45, 7) is 5.94. The van der Waals surface area contributed by atoms with Crippen molar-refractivity contribution in [1.82, 2.24) is 4.90 Å². The molecular formula is C32H36N2OS. The van der Waals surface area contributed by atoms with Crippen LogP contribution in [-0.4, -0.2) is 36.6 Å². The van der Waals surface area contributed by atoms with Gasteiger partial charge in [0.1, 0.15) is 12.3 Å². The Labute approximate surface area is 219 Å². The van der Waals surface area contributed by atoms with Gasteiger partial charge in [-0.15, -0.1) is 11.8 Å². The lowest BCUT2D eigenvalue weighted by atomic mass is 9.99. The van der Waals surface area contributed by atoms with E-state index in [1.807, 2.05) is 0 Å². The highest BCUT2D eigenvalue weighted by Crippen LogP contribution is 2.17. The summed E-state index contributed by atoms with van der Waals surface area (Å²) in [7, 11) is 0. The highest BCUT2D eigenvalue weighted by Gasteiger charge is 2.11. The number of allylic oxidation sites excluding steroid dienone is 2. The number of hydrogen-bond acceptors (Lipinski definition) is 4. The first-order valence-corrected chi connectivity index (χ1v) is 14.1. The summed E-state index contributed by atoms with van der Waals surface area (Å²) in [6.07, 6.45) is 13.8. The highest BCUT2D eigenvalue weighted by molar-refractivity contribution is 7.98. The van der Waals surface area contributed by atoms with Crippen molar-refractivity contribution < 1.29 is 4.84 Å². The lowest BCUT2D eigenvalue weighted by Gasteiger charge is -2.20. The molecule has 0 N–H and O–H groups in total. The Morgan fingerprint density at radius 3 is 2.58 bits per heavy atom. The van der Waals surface area contributed by atoms with Gasteiger partial charge < -0.3 is 4.84 Å². The maximum atomic E-state index is 5.94. The quantitative estimate of drug-likeness (QED) is 0.133. The third-order valence-corrected chi connectivity index (χ3v) is 7.18. The summed E-state index contributed by atoms with van der Waals surface area (Å²) < 4.78 is 0. The van der Waals surface area contributed by atoms with Crippen molar-refractivity contribution >= 4 is 29.6 Å². The summed E-state index contributed by atoms with van der Waals surface area (Å²) in [5.41, 5.74) is 4.45. The number of rotatable bonds is 12. The second kappa shape index (κ2) is 13.9. The van der Waals surface area contributed by atoms with E-state index in [4.69, 9.17) is 9.99 Å². The van der Waals surface area contributed by atoms with E-state index in [1.165, 1.54) is 20.9 Å². The molecule has 0 fully saturated rings. The molecule has 0 unspecified atom stereocenters. The van der Waals surface area contributed by atoms with Crippen molar-refractivity contribution in [3.05, 3.63) is 112 Å². The van der Waals surface area contributed by atoms with Crippen LogP contribution in [0.2, 0.25) is 0 Å². The minimum Gasteiger partial charge on any atom is -0.395 e. The average molecular weight is 497 g/mol. The third-order valence-electron chi connectivity index (χ3n) is 6.44. The largest absolute Gasteiger partial charge is 0.395 e. The fourth-order valence-electron chi connectivity index (χ4n) is 4.41. The molecule has 0 bridgehead atoms. The van der Waals surface area contributed by atoms with Crippen LogP contribution in [0.1, 0.15) is 42.9 Å². The van der Waals surface area contributed by atoms with Crippen LogP contribution in [0, 0.1) is 0 Å². The Hall–Kier alpha value is -3.08. The predicted octanol–water partition coefficient (Wildman–Crippen LogP) is 6.00. The molecule has 0 radical (unpaired) electrons. The van der Waals surface area contributed by atoms with Crippen molar-refractivity contribution in [1.29, 1.82) is 0 Å². The maximum absolute atomic E-state index is 5.94. The van der Waals surface area contributed by atoms with Gasteiger partial charge in [-0.05, 0) is 66.7 Å². The number of unbranched alkanes of at least 4 members (excludes halogenated alkanes) is 1. The molecule has 0 atom stereocenters. The van der Waals surface area contributed by atoms with Gasteiger partial charge in [-0.2, -0.15) is 0 Å². The first-order valence-electron chi connectivity index (χ1n) is 12.9. The molecule has 3 nitrogen and oxygen atoms in total.